The molecule has 0 aliphatic carbocycles. The molecule has 0 rings (SSSR count). The van der Waals surface area contributed by atoms with E-state index in [2.05, 4.69) is 13.8 Å². The molecule has 0 amide bonds. The quantitative estimate of drug-likeness (QED) is 0.653. The summed E-state index contributed by atoms with van der Waals surface area (Å²) in [5.41, 5.74) is 0. The maximum atomic E-state index is 9.32. The molecular formula is C9H20O2. The van der Waals surface area contributed by atoms with E-state index in [1.165, 1.54) is 0 Å². The highest BCUT2D eigenvalue weighted by molar-refractivity contribution is 4.70. The van der Waals surface area contributed by atoms with Crippen LogP contribution in [0.1, 0.15) is 34.1 Å². The van der Waals surface area contributed by atoms with Gasteiger partial charge in [-0.05, 0) is 32.1 Å². The Labute approximate surface area is 69.2 Å². The van der Waals surface area contributed by atoms with Gasteiger partial charge in [-0.25, -0.2) is 0 Å². The Hall–Kier alpha value is -0.0800. The molecule has 2 nitrogen and oxygen atoms in total. The summed E-state index contributed by atoms with van der Waals surface area (Å²) >= 11 is 0. The molecule has 0 aromatic heterocycles. The summed E-state index contributed by atoms with van der Waals surface area (Å²) in [5.74, 6) is 0.652. The van der Waals surface area contributed by atoms with Crippen molar-refractivity contribution in [2.45, 2.75) is 46.3 Å². The lowest BCUT2D eigenvalue weighted by molar-refractivity contribution is 0.0552. The van der Waals surface area contributed by atoms with Gasteiger partial charge in [0, 0.05) is 0 Å². The second kappa shape index (κ2) is 4.73. The van der Waals surface area contributed by atoms with Crippen LogP contribution in [0.3, 0.4) is 0 Å². The Morgan fingerprint density at radius 2 is 1.45 bits per heavy atom. The van der Waals surface area contributed by atoms with Gasteiger partial charge in [0.15, 0.2) is 0 Å². The monoisotopic (exact) mass is 160 g/mol. The predicted molar refractivity (Wildman–Crippen MR) is 46.3 cm³/mol. The maximum Gasteiger partial charge on any atom is 0.0543 e. The molecule has 1 unspecified atom stereocenters. The van der Waals surface area contributed by atoms with Crippen LogP contribution >= 0.6 is 0 Å². The fourth-order valence-electron chi connectivity index (χ4n) is 1.42. The van der Waals surface area contributed by atoms with Crippen LogP contribution in [0.4, 0.5) is 0 Å². The summed E-state index contributed by atoms with van der Waals surface area (Å²) in [4.78, 5) is 0. The Balaban J connectivity index is 3.90. The van der Waals surface area contributed by atoms with Crippen LogP contribution in [-0.2, 0) is 0 Å². The van der Waals surface area contributed by atoms with Gasteiger partial charge in [0.2, 0.25) is 0 Å². The van der Waals surface area contributed by atoms with Crippen molar-refractivity contribution in [1.29, 1.82) is 0 Å². The van der Waals surface area contributed by atoms with E-state index < -0.39 is 0 Å². The minimum Gasteiger partial charge on any atom is -0.393 e. The van der Waals surface area contributed by atoms with Crippen molar-refractivity contribution >= 4 is 0 Å². The minimum atomic E-state index is -0.315. The Kier molecular flexibility index (Phi) is 4.69. The summed E-state index contributed by atoms with van der Waals surface area (Å²) < 4.78 is 0. The standard InChI is InChI=1S/C9H20O2/c1-6(2)9(8(4)11)5-7(3)10/h6-11H,5H2,1-4H3/t7-,8-,9?/m1/s1. The molecule has 3 atom stereocenters. The van der Waals surface area contributed by atoms with Gasteiger partial charge in [-0.15, -0.1) is 0 Å². The average molecular weight is 160 g/mol. The molecule has 68 valence electrons. The Bertz CT molecular complexity index is 89.7. The summed E-state index contributed by atoms with van der Waals surface area (Å²) in [7, 11) is 0. The predicted octanol–water partition coefficient (Wildman–Crippen LogP) is 1.41. The van der Waals surface area contributed by atoms with E-state index in [-0.39, 0.29) is 18.1 Å². The zero-order valence-electron chi connectivity index (χ0n) is 7.91. The molecule has 0 aromatic rings. The molecule has 0 heterocycles. The van der Waals surface area contributed by atoms with Crippen LogP contribution in [0.2, 0.25) is 0 Å². The van der Waals surface area contributed by atoms with Crippen LogP contribution in [0, 0.1) is 11.8 Å². The van der Waals surface area contributed by atoms with Crippen LogP contribution in [0.15, 0.2) is 0 Å². The highest BCUT2D eigenvalue weighted by Crippen LogP contribution is 2.20. The minimum absolute atomic E-state index is 0.218. The Morgan fingerprint density at radius 3 is 1.55 bits per heavy atom. The van der Waals surface area contributed by atoms with Gasteiger partial charge in [-0.2, -0.15) is 0 Å². The second-order valence-corrected chi connectivity index (χ2v) is 3.73. The topological polar surface area (TPSA) is 40.5 Å². The lowest BCUT2D eigenvalue weighted by Crippen LogP contribution is -2.25. The van der Waals surface area contributed by atoms with Gasteiger partial charge in [0.05, 0.1) is 12.2 Å². The first-order chi connectivity index (χ1) is 4.95. The van der Waals surface area contributed by atoms with E-state index in [4.69, 9.17) is 5.11 Å². The molecule has 0 aliphatic heterocycles. The van der Waals surface area contributed by atoms with Gasteiger partial charge < -0.3 is 10.2 Å². The lowest BCUT2D eigenvalue weighted by Gasteiger charge is -2.24. The normalized spacial score (nSPS) is 19.9. The van der Waals surface area contributed by atoms with Gasteiger partial charge in [-0.3, -0.25) is 0 Å². The molecule has 2 N–H and O–H groups in total. The molecular weight excluding hydrogens is 140 g/mol. The number of aliphatic hydroxyl groups is 2. The molecule has 0 aliphatic rings. The molecule has 0 radical (unpaired) electrons. The molecule has 2 heteroatoms. The van der Waals surface area contributed by atoms with Crippen molar-refractivity contribution in [1.82, 2.24) is 0 Å². The first-order valence-corrected chi connectivity index (χ1v) is 4.31. The third-order valence-electron chi connectivity index (χ3n) is 2.09. The molecule has 0 aromatic carbocycles. The zero-order valence-corrected chi connectivity index (χ0v) is 7.91. The Morgan fingerprint density at radius 1 is 1.00 bits per heavy atom. The van der Waals surface area contributed by atoms with Crippen LogP contribution in [0.25, 0.3) is 0 Å². The molecule has 0 spiro atoms. The van der Waals surface area contributed by atoms with E-state index in [0.717, 1.165) is 0 Å². The van der Waals surface area contributed by atoms with Crippen molar-refractivity contribution < 1.29 is 10.2 Å². The van der Waals surface area contributed by atoms with Gasteiger partial charge in [-0.1, -0.05) is 13.8 Å². The van der Waals surface area contributed by atoms with Crippen molar-refractivity contribution in [3.05, 3.63) is 0 Å². The molecule has 0 saturated heterocycles. The van der Waals surface area contributed by atoms with Crippen molar-refractivity contribution in [3.8, 4) is 0 Å². The van der Waals surface area contributed by atoms with Crippen LogP contribution in [0.5, 0.6) is 0 Å². The van der Waals surface area contributed by atoms with Crippen LogP contribution in [-0.4, -0.2) is 22.4 Å². The van der Waals surface area contributed by atoms with Crippen molar-refractivity contribution in [2.75, 3.05) is 0 Å². The van der Waals surface area contributed by atoms with Gasteiger partial charge >= 0.3 is 0 Å². The van der Waals surface area contributed by atoms with E-state index >= 15 is 0 Å². The van der Waals surface area contributed by atoms with E-state index in [1.54, 1.807) is 13.8 Å². The summed E-state index contributed by atoms with van der Waals surface area (Å²) in [5, 5.41) is 18.4. The number of hydrogen-bond donors (Lipinski definition) is 2. The third-order valence-corrected chi connectivity index (χ3v) is 2.09. The van der Waals surface area contributed by atoms with Gasteiger partial charge in [0.1, 0.15) is 0 Å². The van der Waals surface area contributed by atoms with E-state index in [1.807, 2.05) is 0 Å². The van der Waals surface area contributed by atoms with Crippen molar-refractivity contribution in [3.63, 3.8) is 0 Å². The van der Waals surface area contributed by atoms with E-state index in [0.29, 0.717) is 12.3 Å². The largest absolute Gasteiger partial charge is 0.393 e. The average Bonchev–Trinajstić information content (AvgIpc) is 1.81. The highest BCUT2D eigenvalue weighted by atomic mass is 16.3. The third kappa shape index (κ3) is 4.38. The lowest BCUT2D eigenvalue weighted by atomic mass is 9.86. The SMILES string of the molecule is CC(C)C(C[C@@H](C)O)[C@@H](C)O. The first-order valence-electron chi connectivity index (χ1n) is 4.31. The molecule has 0 bridgehead atoms. The van der Waals surface area contributed by atoms with Gasteiger partial charge in [0.25, 0.3) is 0 Å². The van der Waals surface area contributed by atoms with E-state index in [9.17, 15) is 5.11 Å². The smallest absolute Gasteiger partial charge is 0.0543 e. The first kappa shape index (κ1) is 10.9. The fourth-order valence-corrected chi connectivity index (χ4v) is 1.42. The second-order valence-electron chi connectivity index (χ2n) is 3.73. The summed E-state index contributed by atoms with van der Waals surface area (Å²) in [6.45, 7) is 7.68. The number of hydrogen-bond acceptors (Lipinski definition) is 2. The molecule has 11 heavy (non-hydrogen) atoms. The van der Waals surface area contributed by atoms with Crippen molar-refractivity contribution in [2.24, 2.45) is 11.8 Å². The highest BCUT2D eigenvalue weighted by Gasteiger charge is 2.20. The molecule has 0 saturated carbocycles. The maximum absolute atomic E-state index is 9.32. The zero-order chi connectivity index (χ0) is 9.02. The number of aliphatic hydroxyl groups excluding tert-OH is 2. The summed E-state index contributed by atoms with van der Waals surface area (Å²) in [6, 6.07) is 0. The van der Waals surface area contributed by atoms with Crippen LogP contribution < -0.4 is 0 Å². The summed E-state index contributed by atoms with van der Waals surface area (Å²) in [6.07, 6.45) is 0.0663. The molecule has 0 fully saturated rings. The number of rotatable bonds is 4. The fraction of sp³-hybridized carbons (Fsp3) is 1.00.